The van der Waals surface area contributed by atoms with Crippen LogP contribution in [0.2, 0.25) is 0 Å². The highest BCUT2D eigenvalue weighted by Gasteiger charge is 2.48. The summed E-state index contributed by atoms with van der Waals surface area (Å²) in [4.78, 5) is 43.1. The van der Waals surface area contributed by atoms with E-state index in [0.29, 0.717) is 18.5 Å². The molecule has 2 N–H and O–H groups in total. The fraction of sp³-hybridized carbons (Fsp3) is 0.238. The number of benzene rings is 1. The predicted octanol–water partition coefficient (Wildman–Crippen LogP) is 3.39. The monoisotopic (exact) mass is 440 g/mol. The highest BCUT2D eigenvalue weighted by atomic mass is 32.1. The van der Waals surface area contributed by atoms with E-state index in [1.54, 1.807) is 18.3 Å². The average Bonchev–Trinajstić information content (AvgIpc) is 3.46. The molecule has 154 valence electrons. The Bertz CT molecular complexity index is 1070. The van der Waals surface area contributed by atoms with Crippen LogP contribution >= 0.6 is 22.7 Å². The number of nitrogens with one attached hydrogen (secondary N) is 2. The van der Waals surface area contributed by atoms with Crippen LogP contribution in [0.25, 0.3) is 9.88 Å². The maximum absolute atomic E-state index is 12.8. The molecule has 1 saturated heterocycles. The molecule has 9 heteroatoms. The van der Waals surface area contributed by atoms with Gasteiger partial charge in [0.15, 0.2) is 0 Å². The molecule has 0 radical (unpaired) electrons. The Balaban J connectivity index is 1.36. The quantitative estimate of drug-likeness (QED) is 0.551. The van der Waals surface area contributed by atoms with Crippen molar-refractivity contribution >= 4 is 40.5 Å². The van der Waals surface area contributed by atoms with Crippen LogP contribution in [0, 0.1) is 0 Å². The minimum Gasteiger partial charge on any atom is -0.322 e. The number of amides is 4. The summed E-state index contributed by atoms with van der Waals surface area (Å²) < 4.78 is 0. The summed E-state index contributed by atoms with van der Waals surface area (Å²) in [6.45, 7) is 1.68. The fourth-order valence-corrected chi connectivity index (χ4v) is 4.86. The van der Waals surface area contributed by atoms with Crippen LogP contribution in [-0.2, 0) is 22.4 Å². The van der Waals surface area contributed by atoms with Gasteiger partial charge in [-0.25, -0.2) is 9.78 Å². The van der Waals surface area contributed by atoms with Crippen LogP contribution < -0.4 is 10.7 Å². The Morgan fingerprint density at radius 3 is 2.70 bits per heavy atom. The molecule has 0 saturated carbocycles. The molecule has 1 aromatic carbocycles. The summed E-state index contributed by atoms with van der Waals surface area (Å²) >= 11 is 3.04. The van der Waals surface area contributed by atoms with Crippen molar-refractivity contribution in [1.82, 2.24) is 20.7 Å². The predicted molar refractivity (Wildman–Crippen MR) is 116 cm³/mol. The number of hydrogen-bond donors (Lipinski definition) is 2. The van der Waals surface area contributed by atoms with Gasteiger partial charge in [0.25, 0.3) is 5.91 Å². The van der Waals surface area contributed by atoms with E-state index in [2.05, 4.69) is 15.7 Å². The lowest BCUT2D eigenvalue weighted by Crippen LogP contribution is -2.49. The molecule has 4 rings (SSSR count). The van der Waals surface area contributed by atoms with Crippen molar-refractivity contribution in [2.75, 3.05) is 0 Å². The Morgan fingerprint density at radius 1 is 1.17 bits per heavy atom. The van der Waals surface area contributed by atoms with Crippen LogP contribution in [-0.4, -0.2) is 33.4 Å². The van der Waals surface area contributed by atoms with E-state index >= 15 is 0 Å². The third kappa shape index (κ3) is 4.27. The summed E-state index contributed by atoms with van der Waals surface area (Å²) in [6.07, 6.45) is 1.05. The van der Waals surface area contributed by atoms with E-state index in [-0.39, 0.29) is 6.42 Å². The lowest BCUT2D eigenvalue weighted by atomic mass is 9.93. The van der Waals surface area contributed by atoms with Crippen LogP contribution in [0.15, 0.2) is 53.2 Å². The van der Waals surface area contributed by atoms with E-state index in [1.807, 2.05) is 53.2 Å². The molecule has 1 fully saturated rings. The first-order valence-corrected chi connectivity index (χ1v) is 11.2. The van der Waals surface area contributed by atoms with Crippen molar-refractivity contribution in [2.24, 2.45) is 0 Å². The molecule has 3 aromatic rings. The van der Waals surface area contributed by atoms with E-state index < -0.39 is 23.4 Å². The molecule has 30 heavy (non-hydrogen) atoms. The highest BCUT2D eigenvalue weighted by Crippen LogP contribution is 2.28. The van der Waals surface area contributed by atoms with Crippen LogP contribution in [0.4, 0.5) is 4.79 Å². The van der Waals surface area contributed by atoms with Crippen molar-refractivity contribution in [1.29, 1.82) is 0 Å². The van der Waals surface area contributed by atoms with Crippen LogP contribution in [0.5, 0.6) is 0 Å². The van der Waals surface area contributed by atoms with Gasteiger partial charge in [0.2, 0.25) is 5.91 Å². The summed E-state index contributed by atoms with van der Waals surface area (Å²) in [5, 5.41) is 8.10. The molecule has 4 amide bonds. The number of rotatable bonds is 7. The zero-order valence-electron chi connectivity index (χ0n) is 16.3. The first kappa shape index (κ1) is 20.2. The number of hydrazine groups is 1. The number of urea groups is 1. The topological polar surface area (TPSA) is 91.4 Å². The summed E-state index contributed by atoms with van der Waals surface area (Å²) in [5.74, 6) is -0.928. The number of carbonyl (C=O) groups excluding carboxylic acids is 3. The molecule has 1 atom stereocenters. The third-order valence-electron chi connectivity index (χ3n) is 4.88. The van der Waals surface area contributed by atoms with E-state index in [9.17, 15) is 14.4 Å². The van der Waals surface area contributed by atoms with Crippen LogP contribution in [0.1, 0.15) is 24.6 Å². The van der Waals surface area contributed by atoms with Gasteiger partial charge in [0.05, 0.1) is 17.0 Å². The minimum atomic E-state index is -1.06. The largest absolute Gasteiger partial charge is 0.344 e. The summed E-state index contributed by atoms with van der Waals surface area (Å²) in [5.41, 5.74) is 3.04. The maximum atomic E-state index is 12.8. The van der Waals surface area contributed by atoms with Crippen molar-refractivity contribution in [3.05, 3.63) is 64.5 Å². The number of hydrogen-bond acceptors (Lipinski definition) is 6. The van der Waals surface area contributed by atoms with Crippen LogP contribution in [0.3, 0.4) is 0 Å². The standard InChI is InChI=1S/C21H20N4O3S2/c1-21(10-9-14-6-3-2-4-7-14)19(27)25(20(28)23-21)24-17(26)12-15-13-30-18(22-15)16-8-5-11-29-16/h2-8,11,13H,9-10,12H2,1H3,(H,23,28)(H,24,26). The third-order valence-corrected chi connectivity index (χ3v) is 6.81. The molecule has 0 bridgehead atoms. The Labute approximate surface area is 181 Å². The van der Waals surface area contributed by atoms with Crippen molar-refractivity contribution in [3.8, 4) is 9.88 Å². The number of aromatic nitrogens is 1. The smallest absolute Gasteiger partial charge is 0.322 e. The number of nitrogens with zero attached hydrogens (tertiary/aromatic N) is 2. The number of carbonyl (C=O) groups is 3. The summed E-state index contributed by atoms with van der Waals surface area (Å²) in [6, 6.07) is 13.0. The van der Waals surface area contributed by atoms with E-state index in [1.165, 1.54) is 11.3 Å². The second kappa shape index (κ2) is 8.37. The van der Waals surface area contributed by atoms with Gasteiger partial charge in [-0.15, -0.1) is 22.7 Å². The normalized spacial score (nSPS) is 18.5. The summed E-state index contributed by atoms with van der Waals surface area (Å²) in [7, 11) is 0. The van der Waals surface area contributed by atoms with Gasteiger partial charge in [0.1, 0.15) is 10.5 Å². The van der Waals surface area contributed by atoms with Gasteiger partial charge in [-0.1, -0.05) is 36.4 Å². The fourth-order valence-electron chi connectivity index (χ4n) is 3.22. The van der Waals surface area contributed by atoms with Gasteiger partial charge in [-0.2, -0.15) is 5.01 Å². The molecular formula is C21H20N4O3S2. The molecular weight excluding hydrogens is 420 g/mol. The molecule has 7 nitrogen and oxygen atoms in total. The second-order valence-corrected chi connectivity index (χ2v) is 9.03. The van der Waals surface area contributed by atoms with Gasteiger partial charge in [-0.05, 0) is 36.8 Å². The highest BCUT2D eigenvalue weighted by molar-refractivity contribution is 7.20. The molecule has 1 aliphatic heterocycles. The first-order valence-electron chi connectivity index (χ1n) is 9.43. The average molecular weight is 441 g/mol. The lowest BCUT2D eigenvalue weighted by Gasteiger charge is -2.21. The number of imide groups is 1. The molecule has 1 aliphatic rings. The van der Waals surface area contributed by atoms with Gasteiger partial charge in [-0.3, -0.25) is 15.0 Å². The molecule has 3 heterocycles. The van der Waals surface area contributed by atoms with Gasteiger partial charge in [0, 0.05) is 5.38 Å². The SMILES string of the molecule is CC1(CCc2ccccc2)NC(=O)N(NC(=O)Cc2csc(-c3cccs3)n2)C1=O. The number of thiazole rings is 1. The van der Waals surface area contributed by atoms with Crippen molar-refractivity contribution in [3.63, 3.8) is 0 Å². The minimum absolute atomic E-state index is 0.0142. The molecule has 0 aliphatic carbocycles. The molecule has 2 aromatic heterocycles. The van der Waals surface area contributed by atoms with E-state index in [0.717, 1.165) is 20.5 Å². The Hall–Kier alpha value is -3.04. The van der Waals surface area contributed by atoms with Gasteiger partial charge >= 0.3 is 6.03 Å². The Kier molecular flexibility index (Phi) is 5.65. The second-order valence-electron chi connectivity index (χ2n) is 7.22. The zero-order chi connectivity index (χ0) is 21.1. The van der Waals surface area contributed by atoms with Crippen molar-refractivity contribution < 1.29 is 14.4 Å². The zero-order valence-corrected chi connectivity index (χ0v) is 17.9. The van der Waals surface area contributed by atoms with E-state index in [4.69, 9.17) is 0 Å². The molecule has 1 unspecified atom stereocenters. The maximum Gasteiger partial charge on any atom is 0.344 e. The number of thiophene rings is 1. The molecule has 0 spiro atoms. The number of aryl methyl sites for hydroxylation is 1. The van der Waals surface area contributed by atoms with Crippen molar-refractivity contribution in [2.45, 2.75) is 31.7 Å². The first-order chi connectivity index (χ1) is 14.4. The lowest BCUT2D eigenvalue weighted by molar-refractivity contribution is -0.138. The van der Waals surface area contributed by atoms with Gasteiger partial charge < -0.3 is 5.32 Å². The Morgan fingerprint density at radius 2 is 1.97 bits per heavy atom.